The van der Waals surface area contributed by atoms with E-state index >= 15 is 0 Å². The minimum atomic E-state index is -0.299. The van der Waals surface area contributed by atoms with Crippen molar-refractivity contribution in [3.8, 4) is 0 Å². The van der Waals surface area contributed by atoms with E-state index in [0.717, 1.165) is 12.1 Å². The third-order valence-electron chi connectivity index (χ3n) is 3.03. The molecule has 5 heteroatoms. The summed E-state index contributed by atoms with van der Waals surface area (Å²) in [5.74, 6) is 0.351. The van der Waals surface area contributed by atoms with E-state index in [1.54, 1.807) is 24.5 Å². The molecule has 20 heavy (non-hydrogen) atoms. The van der Waals surface area contributed by atoms with Gasteiger partial charge in [0.15, 0.2) is 0 Å². The maximum Gasteiger partial charge on any atom is 0.145 e. The van der Waals surface area contributed by atoms with Gasteiger partial charge in [-0.05, 0) is 37.6 Å². The van der Waals surface area contributed by atoms with E-state index in [2.05, 4.69) is 15.3 Å². The van der Waals surface area contributed by atoms with Gasteiger partial charge >= 0.3 is 0 Å². The van der Waals surface area contributed by atoms with Crippen LogP contribution in [-0.4, -0.2) is 16.5 Å². The molecule has 0 radical (unpaired) electrons. The number of hydrogen-bond donors (Lipinski definition) is 1. The summed E-state index contributed by atoms with van der Waals surface area (Å²) in [6.07, 6.45) is 3.94. The summed E-state index contributed by atoms with van der Waals surface area (Å²) in [6, 6.07) is 4.56. The van der Waals surface area contributed by atoms with Crippen LogP contribution in [0.3, 0.4) is 0 Å². The van der Waals surface area contributed by atoms with Crippen LogP contribution in [0.1, 0.15) is 29.9 Å². The predicted molar refractivity (Wildman–Crippen MR) is 78.3 cm³/mol. The largest absolute Gasteiger partial charge is 0.307 e. The lowest BCUT2D eigenvalue weighted by atomic mass is 10.0. The Balaban J connectivity index is 2.28. The van der Waals surface area contributed by atoms with E-state index in [0.29, 0.717) is 22.8 Å². The number of nitrogens with zero attached hydrogens (tertiary/aromatic N) is 2. The minimum Gasteiger partial charge on any atom is -0.307 e. The smallest absolute Gasteiger partial charge is 0.145 e. The van der Waals surface area contributed by atoms with Crippen LogP contribution < -0.4 is 5.32 Å². The lowest BCUT2D eigenvalue weighted by Gasteiger charge is -2.17. The Hall–Kier alpha value is -1.52. The van der Waals surface area contributed by atoms with Crippen LogP contribution in [0.25, 0.3) is 0 Å². The van der Waals surface area contributed by atoms with Crippen molar-refractivity contribution in [2.24, 2.45) is 0 Å². The Morgan fingerprint density at radius 3 is 2.60 bits per heavy atom. The van der Waals surface area contributed by atoms with Crippen molar-refractivity contribution >= 4 is 11.6 Å². The van der Waals surface area contributed by atoms with Crippen molar-refractivity contribution in [2.45, 2.75) is 26.3 Å². The number of benzene rings is 1. The quantitative estimate of drug-likeness (QED) is 0.917. The van der Waals surface area contributed by atoms with Crippen LogP contribution >= 0.6 is 11.6 Å². The Bertz CT molecular complexity index is 552. The summed E-state index contributed by atoms with van der Waals surface area (Å²) >= 11 is 6.08. The van der Waals surface area contributed by atoms with Gasteiger partial charge in [-0.3, -0.25) is 0 Å². The first-order valence-electron chi connectivity index (χ1n) is 6.56. The number of likely N-dealkylation sites (N-methyl/N-ethyl adjacent to an activating group) is 1. The van der Waals surface area contributed by atoms with Gasteiger partial charge in [0, 0.05) is 23.0 Å². The second-order valence-electron chi connectivity index (χ2n) is 4.63. The number of aromatic nitrogens is 2. The van der Waals surface area contributed by atoms with Gasteiger partial charge < -0.3 is 5.32 Å². The first-order chi connectivity index (χ1) is 9.61. The zero-order chi connectivity index (χ0) is 14.5. The van der Waals surface area contributed by atoms with Crippen LogP contribution in [0, 0.1) is 12.7 Å². The van der Waals surface area contributed by atoms with Crippen LogP contribution in [-0.2, 0) is 6.42 Å². The molecule has 0 aliphatic heterocycles. The molecule has 1 heterocycles. The predicted octanol–water partition coefficient (Wildman–Crippen LogP) is 3.47. The normalized spacial score (nSPS) is 12.4. The Morgan fingerprint density at radius 2 is 2.00 bits per heavy atom. The van der Waals surface area contributed by atoms with E-state index in [1.807, 2.05) is 13.8 Å². The van der Waals surface area contributed by atoms with E-state index in [9.17, 15) is 4.39 Å². The molecule has 1 aromatic heterocycles. The van der Waals surface area contributed by atoms with Crippen molar-refractivity contribution in [3.63, 3.8) is 0 Å². The fourth-order valence-corrected chi connectivity index (χ4v) is 2.26. The van der Waals surface area contributed by atoms with Gasteiger partial charge in [-0.25, -0.2) is 14.4 Å². The van der Waals surface area contributed by atoms with Gasteiger partial charge in [-0.15, -0.1) is 0 Å². The summed E-state index contributed by atoms with van der Waals surface area (Å²) in [4.78, 5) is 8.63. The van der Waals surface area contributed by atoms with E-state index in [-0.39, 0.29) is 11.9 Å². The van der Waals surface area contributed by atoms with Crippen LogP contribution in [0.2, 0.25) is 5.02 Å². The first kappa shape index (κ1) is 14.9. The third kappa shape index (κ3) is 3.52. The molecule has 2 aromatic rings. The summed E-state index contributed by atoms with van der Waals surface area (Å²) in [6.45, 7) is 4.66. The molecule has 0 spiro atoms. The molecular formula is C15H17ClFN3. The topological polar surface area (TPSA) is 37.8 Å². The first-order valence-corrected chi connectivity index (χ1v) is 6.94. The molecule has 1 atom stereocenters. The average molecular weight is 294 g/mol. The molecule has 0 amide bonds. The zero-order valence-electron chi connectivity index (χ0n) is 11.5. The monoisotopic (exact) mass is 293 g/mol. The number of rotatable bonds is 5. The van der Waals surface area contributed by atoms with Gasteiger partial charge in [-0.2, -0.15) is 0 Å². The van der Waals surface area contributed by atoms with E-state index in [1.165, 1.54) is 6.07 Å². The standard InChI is InChI=1S/C15H17ClFN3/c1-3-18-14(15-19-8-10(2)9-20-15)7-11-12(16)5-4-6-13(11)17/h4-6,8-9,14,18H,3,7H2,1-2H3. The second-order valence-corrected chi connectivity index (χ2v) is 5.04. The van der Waals surface area contributed by atoms with Gasteiger partial charge in [-0.1, -0.05) is 24.6 Å². The summed E-state index contributed by atoms with van der Waals surface area (Å²) in [5, 5.41) is 3.70. The Morgan fingerprint density at radius 1 is 1.30 bits per heavy atom. The number of hydrogen-bond acceptors (Lipinski definition) is 3. The fourth-order valence-electron chi connectivity index (χ4n) is 2.02. The molecule has 1 aromatic carbocycles. The maximum atomic E-state index is 13.9. The van der Waals surface area contributed by atoms with Crippen LogP contribution in [0.4, 0.5) is 4.39 Å². The average Bonchev–Trinajstić information content (AvgIpc) is 2.43. The maximum absolute atomic E-state index is 13.9. The highest BCUT2D eigenvalue weighted by Gasteiger charge is 2.18. The lowest BCUT2D eigenvalue weighted by Crippen LogP contribution is -2.25. The van der Waals surface area contributed by atoms with Crippen molar-refractivity contribution in [1.29, 1.82) is 0 Å². The van der Waals surface area contributed by atoms with Crippen molar-refractivity contribution in [3.05, 3.63) is 58.4 Å². The fraction of sp³-hybridized carbons (Fsp3) is 0.333. The van der Waals surface area contributed by atoms with E-state index in [4.69, 9.17) is 11.6 Å². The molecule has 0 aliphatic rings. The van der Waals surface area contributed by atoms with Crippen LogP contribution in [0.5, 0.6) is 0 Å². The van der Waals surface area contributed by atoms with Crippen LogP contribution in [0.15, 0.2) is 30.6 Å². The van der Waals surface area contributed by atoms with Crippen molar-refractivity contribution < 1.29 is 4.39 Å². The molecule has 0 fully saturated rings. The van der Waals surface area contributed by atoms with Gasteiger partial charge in [0.1, 0.15) is 11.6 Å². The molecule has 0 saturated heterocycles. The molecule has 0 aliphatic carbocycles. The highest BCUT2D eigenvalue weighted by Crippen LogP contribution is 2.24. The molecule has 0 bridgehead atoms. The number of aryl methyl sites for hydroxylation is 1. The van der Waals surface area contributed by atoms with Crippen molar-refractivity contribution in [1.82, 2.24) is 15.3 Å². The molecule has 106 valence electrons. The van der Waals surface area contributed by atoms with E-state index < -0.39 is 0 Å². The van der Waals surface area contributed by atoms with Gasteiger partial charge in [0.05, 0.1) is 6.04 Å². The molecule has 2 rings (SSSR count). The SMILES string of the molecule is CCNC(Cc1c(F)cccc1Cl)c1ncc(C)cn1. The summed E-state index contributed by atoms with van der Waals surface area (Å²) in [5.41, 5.74) is 1.48. The second kappa shape index (κ2) is 6.77. The highest BCUT2D eigenvalue weighted by molar-refractivity contribution is 6.31. The summed E-state index contributed by atoms with van der Waals surface area (Å²) < 4.78 is 13.9. The molecule has 1 N–H and O–H groups in total. The van der Waals surface area contributed by atoms with Gasteiger partial charge in [0.25, 0.3) is 0 Å². The number of nitrogens with one attached hydrogen (secondary N) is 1. The molecular weight excluding hydrogens is 277 g/mol. The highest BCUT2D eigenvalue weighted by atomic mass is 35.5. The molecule has 3 nitrogen and oxygen atoms in total. The summed E-state index contributed by atoms with van der Waals surface area (Å²) in [7, 11) is 0. The molecule has 0 saturated carbocycles. The Labute approximate surface area is 123 Å². The minimum absolute atomic E-state index is 0.157. The lowest BCUT2D eigenvalue weighted by molar-refractivity contribution is 0.505. The van der Waals surface area contributed by atoms with Crippen molar-refractivity contribution in [2.75, 3.05) is 6.54 Å². The Kier molecular flexibility index (Phi) is 5.04. The number of halogens is 2. The third-order valence-corrected chi connectivity index (χ3v) is 3.39. The zero-order valence-corrected chi connectivity index (χ0v) is 12.3. The van der Waals surface area contributed by atoms with Gasteiger partial charge in [0.2, 0.25) is 0 Å². The molecule has 1 unspecified atom stereocenters.